The van der Waals surface area contributed by atoms with E-state index in [0.29, 0.717) is 0 Å². The van der Waals surface area contributed by atoms with Crippen LogP contribution in [0.2, 0.25) is 0 Å². The Kier molecular flexibility index (Phi) is 3.51. The van der Waals surface area contributed by atoms with Gasteiger partial charge in [-0.05, 0) is 24.3 Å². The van der Waals surface area contributed by atoms with Gasteiger partial charge in [-0.2, -0.15) is 0 Å². The first kappa shape index (κ1) is 11.3. The molecule has 1 unspecified atom stereocenters. The minimum Gasteiger partial charge on any atom is -0.367 e. The Morgan fingerprint density at radius 3 is 2.33 bits per heavy atom. The lowest BCUT2D eigenvalue weighted by Gasteiger charge is -2.09. The van der Waals surface area contributed by atoms with Gasteiger partial charge in [0.25, 0.3) is 0 Å². The Morgan fingerprint density at radius 1 is 1.33 bits per heavy atom. The largest absolute Gasteiger partial charge is 0.367 e. The van der Waals surface area contributed by atoms with Gasteiger partial charge in [0.15, 0.2) is 6.23 Å². The minimum atomic E-state index is -1.59. The molecule has 0 saturated heterocycles. The SMILES string of the molecule is CC(=O)NC(O)C(=O)c1ccc(F)cc1. The molecule has 0 saturated carbocycles. The highest BCUT2D eigenvalue weighted by Gasteiger charge is 2.17. The number of benzene rings is 1. The van der Waals surface area contributed by atoms with Crippen molar-refractivity contribution >= 4 is 11.7 Å². The Hall–Kier alpha value is -1.75. The number of Topliss-reactive ketones (excluding diaryl/α,β-unsaturated/α-hetero) is 1. The maximum atomic E-state index is 12.5. The number of carbonyl (C=O) groups excluding carboxylic acids is 2. The second-order valence-corrected chi connectivity index (χ2v) is 2.97. The molecule has 0 aliphatic heterocycles. The van der Waals surface area contributed by atoms with E-state index in [1.54, 1.807) is 0 Å². The molecule has 0 radical (unpaired) electrons. The van der Waals surface area contributed by atoms with Crippen molar-refractivity contribution in [3.05, 3.63) is 35.6 Å². The average Bonchev–Trinajstić information content (AvgIpc) is 2.17. The summed E-state index contributed by atoms with van der Waals surface area (Å²) in [6.07, 6.45) is -1.59. The lowest BCUT2D eigenvalue weighted by Crippen LogP contribution is -2.39. The van der Waals surface area contributed by atoms with E-state index in [2.05, 4.69) is 0 Å². The van der Waals surface area contributed by atoms with E-state index in [-0.39, 0.29) is 5.56 Å². The van der Waals surface area contributed by atoms with Gasteiger partial charge in [-0.3, -0.25) is 9.59 Å². The summed E-state index contributed by atoms with van der Waals surface area (Å²) in [5.41, 5.74) is 0.137. The molecule has 1 amide bonds. The summed E-state index contributed by atoms with van der Waals surface area (Å²) in [6, 6.07) is 4.69. The van der Waals surface area contributed by atoms with E-state index in [0.717, 1.165) is 12.1 Å². The minimum absolute atomic E-state index is 0.137. The third-order valence-corrected chi connectivity index (χ3v) is 1.72. The fourth-order valence-corrected chi connectivity index (χ4v) is 1.03. The van der Waals surface area contributed by atoms with Crippen molar-refractivity contribution in [3.63, 3.8) is 0 Å². The molecule has 0 heterocycles. The van der Waals surface area contributed by atoms with Crippen LogP contribution in [-0.2, 0) is 4.79 Å². The van der Waals surface area contributed by atoms with Gasteiger partial charge in [0.05, 0.1) is 0 Å². The molecule has 2 N–H and O–H groups in total. The monoisotopic (exact) mass is 211 g/mol. The highest BCUT2D eigenvalue weighted by molar-refractivity contribution is 6.00. The molecule has 1 atom stereocenters. The van der Waals surface area contributed by atoms with Gasteiger partial charge in [-0.25, -0.2) is 4.39 Å². The Labute approximate surface area is 85.7 Å². The number of aliphatic hydroxyl groups excluding tert-OH is 1. The summed E-state index contributed by atoms with van der Waals surface area (Å²) in [5, 5.41) is 11.3. The summed E-state index contributed by atoms with van der Waals surface area (Å²) < 4.78 is 12.5. The summed E-state index contributed by atoms with van der Waals surface area (Å²) in [5.74, 6) is -1.66. The van der Waals surface area contributed by atoms with E-state index in [1.807, 2.05) is 5.32 Å². The molecule has 5 heteroatoms. The molecular weight excluding hydrogens is 201 g/mol. The van der Waals surface area contributed by atoms with Gasteiger partial charge < -0.3 is 10.4 Å². The molecular formula is C10H10FNO3. The normalized spacial score (nSPS) is 11.9. The molecule has 0 aliphatic rings. The first-order valence-corrected chi connectivity index (χ1v) is 4.25. The highest BCUT2D eigenvalue weighted by atomic mass is 19.1. The van der Waals surface area contributed by atoms with Gasteiger partial charge in [-0.15, -0.1) is 0 Å². The number of amides is 1. The second kappa shape index (κ2) is 4.65. The molecule has 0 aliphatic carbocycles. The number of halogens is 1. The first-order valence-electron chi connectivity index (χ1n) is 4.25. The van der Waals surface area contributed by atoms with E-state index in [4.69, 9.17) is 0 Å². The summed E-state index contributed by atoms with van der Waals surface area (Å²) in [7, 11) is 0. The van der Waals surface area contributed by atoms with E-state index >= 15 is 0 Å². The van der Waals surface area contributed by atoms with Gasteiger partial charge in [0.1, 0.15) is 5.82 Å². The zero-order valence-electron chi connectivity index (χ0n) is 8.03. The van der Waals surface area contributed by atoms with Crippen LogP contribution in [0.5, 0.6) is 0 Å². The molecule has 0 spiro atoms. The lowest BCUT2D eigenvalue weighted by molar-refractivity contribution is -0.121. The van der Waals surface area contributed by atoms with Crippen molar-refractivity contribution in [1.82, 2.24) is 5.32 Å². The quantitative estimate of drug-likeness (QED) is 0.564. The van der Waals surface area contributed by atoms with Gasteiger partial charge in [0, 0.05) is 12.5 Å². The number of carbonyl (C=O) groups is 2. The van der Waals surface area contributed by atoms with Crippen LogP contribution in [0.1, 0.15) is 17.3 Å². The standard InChI is InChI=1S/C10H10FNO3/c1-6(13)12-10(15)9(14)7-2-4-8(11)5-3-7/h2-5,10,15H,1H3,(H,12,13). The third kappa shape index (κ3) is 3.14. The van der Waals surface area contributed by atoms with Crippen LogP contribution in [0.3, 0.4) is 0 Å². The van der Waals surface area contributed by atoms with Crippen molar-refractivity contribution < 1.29 is 19.1 Å². The van der Waals surface area contributed by atoms with Crippen LogP contribution in [0.4, 0.5) is 4.39 Å². The van der Waals surface area contributed by atoms with Gasteiger partial charge in [0.2, 0.25) is 11.7 Å². The van der Waals surface area contributed by atoms with Gasteiger partial charge >= 0.3 is 0 Å². The third-order valence-electron chi connectivity index (χ3n) is 1.72. The molecule has 0 bridgehead atoms. The number of hydrogen-bond acceptors (Lipinski definition) is 3. The Bertz CT molecular complexity index is 375. The van der Waals surface area contributed by atoms with Crippen LogP contribution in [-0.4, -0.2) is 23.0 Å². The predicted octanol–water partition coefficient (Wildman–Crippen LogP) is 0.463. The van der Waals surface area contributed by atoms with Crippen LogP contribution >= 0.6 is 0 Å². The van der Waals surface area contributed by atoms with Crippen LogP contribution in [0.25, 0.3) is 0 Å². The molecule has 80 valence electrons. The lowest BCUT2D eigenvalue weighted by atomic mass is 10.1. The Morgan fingerprint density at radius 2 is 1.87 bits per heavy atom. The molecule has 1 aromatic rings. The van der Waals surface area contributed by atoms with Crippen molar-refractivity contribution in [3.8, 4) is 0 Å². The Balaban J connectivity index is 2.76. The number of hydrogen-bond donors (Lipinski definition) is 2. The number of nitrogens with one attached hydrogen (secondary N) is 1. The molecule has 1 aromatic carbocycles. The molecule has 0 aromatic heterocycles. The molecule has 15 heavy (non-hydrogen) atoms. The molecule has 1 rings (SSSR count). The number of ketones is 1. The van der Waals surface area contributed by atoms with Crippen LogP contribution < -0.4 is 5.32 Å². The summed E-state index contributed by atoms with van der Waals surface area (Å²) >= 11 is 0. The number of aliphatic hydroxyl groups is 1. The zero-order chi connectivity index (χ0) is 11.4. The first-order chi connectivity index (χ1) is 7.00. The van der Waals surface area contributed by atoms with E-state index in [1.165, 1.54) is 19.1 Å². The van der Waals surface area contributed by atoms with E-state index < -0.39 is 23.7 Å². The van der Waals surface area contributed by atoms with Crippen molar-refractivity contribution in [1.29, 1.82) is 0 Å². The van der Waals surface area contributed by atoms with Crippen molar-refractivity contribution in [2.24, 2.45) is 0 Å². The highest BCUT2D eigenvalue weighted by Crippen LogP contribution is 2.05. The fourth-order valence-electron chi connectivity index (χ4n) is 1.03. The smallest absolute Gasteiger partial charge is 0.219 e. The van der Waals surface area contributed by atoms with Crippen LogP contribution in [0, 0.1) is 5.82 Å². The zero-order valence-corrected chi connectivity index (χ0v) is 8.03. The molecule has 4 nitrogen and oxygen atoms in total. The molecule has 0 fully saturated rings. The van der Waals surface area contributed by atoms with E-state index in [9.17, 15) is 19.1 Å². The summed E-state index contributed by atoms with van der Waals surface area (Å²) in [4.78, 5) is 22.0. The topological polar surface area (TPSA) is 66.4 Å². The second-order valence-electron chi connectivity index (χ2n) is 2.97. The maximum Gasteiger partial charge on any atom is 0.219 e. The maximum absolute atomic E-state index is 12.5. The summed E-state index contributed by atoms with van der Waals surface area (Å²) in [6.45, 7) is 1.18. The average molecular weight is 211 g/mol. The number of rotatable bonds is 3. The van der Waals surface area contributed by atoms with Crippen molar-refractivity contribution in [2.45, 2.75) is 13.2 Å². The predicted molar refractivity (Wildman–Crippen MR) is 50.6 cm³/mol. The van der Waals surface area contributed by atoms with Crippen molar-refractivity contribution in [2.75, 3.05) is 0 Å². The van der Waals surface area contributed by atoms with Crippen LogP contribution in [0.15, 0.2) is 24.3 Å². The van der Waals surface area contributed by atoms with Gasteiger partial charge in [-0.1, -0.05) is 0 Å². The fraction of sp³-hybridized carbons (Fsp3) is 0.200.